The Hall–Kier alpha value is -2.71. The van der Waals surface area contributed by atoms with Gasteiger partial charge >= 0.3 is 0 Å². The van der Waals surface area contributed by atoms with Crippen LogP contribution in [0, 0.1) is 10.8 Å². The van der Waals surface area contributed by atoms with Crippen molar-refractivity contribution in [3.05, 3.63) is 24.0 Å². The number of H-pyrrole nitrogens is 1. The lowest BCUT2D eigenvalue weighted by Crippen LogP contribution is -2.49. The number of imidazole rings is 1. The first-order chi connectivity index (χ1) is 17.6. The zero-order valence-corrected chi connectivity index (χ0v) is 23.3. The number of nitrogen functional groups attached to an aromatic ring is 1. The van der Waals surface area contributed by atoms with Crippen LogP contribution in [0.4, 0.5) is 11.5 Å². The summed E-state index contributed by atoms with van der Waals surface area (Å²) >= 11 is 0. The molecule has 1 aliphatic heterocycles. The Morgan fingerprint density at radius 2 is 1.81 bits per heavy atom. The Labute approximate surface area is 221 Å². The number of aromatic nitrogens is 3. The van der Waals surface area contributed by atoms with Crippen molar-refractivity contribution in [1.82, 2.24) is 19.9 Å². The minimum absolute atomic E-state index is 0.0506. The molecule has 3 N–H and O–H groups in total. The van der Waals surface area contributed by atoms with Crippen LogP contribution in [0.1, 0.15) is 59.7 Å². The third-order valence-corrected chi connectivity index (χ3v) is 7.26. The predicted octanol–water partition coefficient (Wildman–Crippen LogP) is 4.82. The summed E-state index contributed by atoms with van der Waals surface area (Å²) in [4.78, 5) is 28.8. The number of nitrogens with two attached hydrogens (primary N) is 1. The molecule has 0 bridgehead atoms. The summed E-state index contributed by atoms with van der Waals surface area (Å²) in [6.45, 7) is 17.1. The highest BCUT2D eigenvalue weighted by atomic mass is 16.5. The van der Waals surface area contributed by atoms with Crippen LogP contribution >= 0.6 is 0 Å². The van der Waals surface area contributed by atoms with Gasteiger partial charge in [-0.05, 0) is 30.0 Å². The third-order valence-electron chi connectivity index (χ3n) is 7.26. The summed E-state index contributed by atoms with van der Waals surface area (Å²) in [6, 6.07) is 6.45. The number of aromatic amines is 1. The number of ether oxygens (including phenoxy) is 1. The van der Waals surface area contributed by atoms with Crippen molar-refractivity contribution in [2.24, 2.45) is 10.8 Å². The van der Waals surface area contributed by atoms with Gasteiger partial charge in [0.15, 0.2) is 0 Å². The van der Waals surface area contributed by atoms with E-state index in [0.717, 1.165) is 86.0 Å². The van der Waals surface area contributed by atoms with E-state index in [9.17, 15) is 4.79 Å². The number of hydrogen-bond donors (Lipinski definition) is 2. The molecule has 0 radical (unpaired) electrons. The molecule has 0 amide bonds. The molecular weight excluding hydrogens is 464 g/mol. The average Bonchev–Trinajstić information content (AvgIpc) is 3.28. The summed E-state index contributed by atoms with van der Waals surface area (Å²) < 4.78 is 6.04. The number of aldehydes is 1. The van der Waals surface area contributed by atoms with Crippen molar-refractivity contribution < 1.29 is 9.53 Å². The summed E-state index contributed by atoms with van der Waals surface area (Å²) in [6.07, 6.45) is 4.66. The highest BCUT2D eigenvalue weighted by Gasteiger charge is 2.27. The summed E-state index contributed by atoms with van der Waals surface area (Å²) in [5.41, 5.74) is 10.1. The van der Waals surface area contributed by atoms with Crippen molar-refractivity contribution in [3.8, 4) is 0 Å². The molecule has 0 spiro atoms. The highest BCUT2D eigenvalue weighted by molar-refractivity contribution is 6.07. The average molecular weight is 509 g/mol. The molecule has 4 rings (SSSR count). The van der Waals surface area contributed by atoms with Crippen LogP contribution in [0.2, 0.25) is 0 Å². The predicted molar refractivity (Wildman–Crippen MR) is 152 cm³/mol. The van der Waals surface area contributed by atoms with Gasteiger partial charge in [-0.25, -0.2) is 9.97 Å². The van der Waals surface area contributed by atoms with E-state index in [2.05, 4.69) is 72.6 Å². The third kappa shape index (κ3) is 6.79. The minimum atomic E-state index is -0.108. The zero-order valence-electron chi connectivity index (χ0n) is 23.3. The van der Waals surface area contributed by atoms with Crippen LogP contribution in [0.25, 0.3) is 21.9 Å². The van der Waals surface area contributed by atoms with E-state index in [-0.39, 0.29) is 10.8 Å². The maximum absolute atomic E-state index is 10.9. The van der Waals surface area contributed by atoms with Gasteiger partial charge in [-0.3, -0.25) is 4.90 Å². The van der Waals surface area contributed by atoms with Gasteiger partial charge in [0.2, 0.25) is 0 Å². The number of nitrogens with one attached hydrogen (secondary N) is 1. The molecule has 0 aliphatic carbocycles. The van der Waals surface area contributed by atoms with Gasteiger partial charge in [0.1, 0.15) is 29.0 Å². The van der Waals surface area contributed by atoms with Gasteiger partial charge in [0, 0.05) is 62.1 Å². The topological polar surface area (TPSA) is 100 Å². The molecule has 0 atom stereocenters. The zero-order chi connectivity index (χ0) is 26.6. The molecule has 1 fully saturated rings. The first-order valence-corrected chi connectivity index (χ1v) is 13.7. The van der Waals surface area contributed by atoms with Gasteiger partial charge in [-0.1, -0.05) is 41.0 Å². The summed E-state index contributed by atoms with van der Waals surface area (Å²) in [7, 11) is 0. The number of carbonyl (C=O) groups is 1. The fraction of sp³-hybridized carbons (Fsp3) is 0.621. The number of carbonyl (C=O) groups excluding carboxylic acids is 1. The summed E-state index contributed by atoms with van der Waals surface area (Å²) in [5.74, 6) is 1.49. The molecule has 8 nitrogen and oxygen atoms in total. The number of anilines is 2. The number of hydrogen-bond acceptors (Lipinski definition) is 7. The van der Waals surface area contributed by atoms with Crippen LogP contribution in [-0.4, -0.2) is 72.1 Å². The molecule has 8 heteroatoms. The molecule has 2 aromatic heterocycles. The fourth-order valence-corrected chi connectivity index (χ4v) is 5.16. The van der Waals surface area contributed by atoms with E-state index in [0.29, 0.717) is 25.5 Å². The van der Waals surface area contributed by atoms with E-state index in [1.54, 1.807) is 0 Å². The molecule has 202 valence electrons. The molecule has 3 aromatic rings. The van der Waals surface area contributed by atoms with Gasteiger partial charge in [0.05, 0.1) is 18.7 Å². The lowest BCUT2D eigenvalue weighted by molar-refractivity contribution is -0.110. The Kier molecular flexibility index (Phi) is 8.39. The van der Waals surface area contributed by atoms with Crippen molar-refractivity contribution in [2.45, 2.75) is 60.3 Å². The second-order valence-electron chi connectivity index (χ2n) is 12.2. The van der Waals surface area contributed by atoms with Crippen molar-refractivity contribution in [3.63, 3.8) is 0 Å². The number of fused-ring (bicyclic) bond motifs is 3. The van der Waals surface area contributed by atoms with Gasteiger partial charge in [-0.15, -0.1) is 0 Å². The molecule has 1 saturated heterocycles. The first kappa shape index (κ1) is 27.3. The van der Waals surface area contributed by atoms with Crippen molar-refractivity contribution in [2.75, 3.05) is 56.6 Å². The van der Waals surface area contributed by atoms with Gasteiger partial charge in [-0.2, -0.15) is 0 Å². The minimum Gasteiger partial charge on any atom is -0.382 e. The van der Waals surface area contributed by atoms with Crippen LogP contribution in [0.5, 0.6) is 0 Å². The standard InChI is InChI=1S/C29H44N6O2/c1-6-7-8-24-32-25-22-17-21(9-10-23(22)31-27(30)26(25)33-24)35-14-12-34(13-15-35)18-29(4,5)20-37-19-28(2,3)11-16-36/h9-10,16-17H,6-8,11-15,18-20H2,1-5H3,(H2,30,31)(H,32,33). The van der Waals surface area contributed by atoms with E-state index in [1.807, 2.05) is 0 Å². The maximum Gasteiger partial charge on any atom is 0.150 e. The molecular formula is C29H44N6O2. The first-order valence-electron chi connectivity index (χ1n) is 13.7. The normalized spacial score (nSPS) is 15.6. The number of aryl methyl sites for hydroxylation is 1. The number of pyridine rings is 1. The smallest absolute Gasteiger partial charge is 0.150 e. The molecule has 0 unspecified atom stereocenters. The molecule has 0 saturated carbocycles. The lowest BCUT2D eigenvalue weighted by Gasteiger charge is -2.40. The lowest BCUT2D eigenvalue weighted by atomic mass is 9.90. The molecule has 3 heterocycles. The number of unbranched alkanes of at least 4 members (excludes halogenated alkanes) is 1. The van der Waals surface area contributed by atoms with Crippen molar-refractivity contribution in [1.29, 1.82) is 0 Å². The largest absolute Gasteiger partial charge is 0.382 e. The SMILES string of the molecule is CCCCc1nc2c([nH]1)c(N)nc1ccc(N3CCN(CC(C)(C)COCC(C)(C)CC=O)CC3)cc12. The number of benzene rings is 1. The van der Waals surface area contributed by atoms with E-state index < -0.39 is 0 Å². The quantitative estimate of drug-likeness (QED) is 0.338. The van der Waals surface area contributed by atoms with Crippen LogP contribution < -0.4 is 10.6 Å². The van der Waals surface area contributed by atoms with E-state index in [1.165, 1.54) is 5.69 Å². The van der Waals surface area contributed by atoms with Gasteiger partial charge < -0.3 is 25.1 Å². The molecule has 37 heavy (non-hydrogen) atoms. The molecule has 1 aliphatic rings. The summed E-state index contributed by atoms with van der Waals surface area (Å²) in [5, 5.41) is 1.05. The number of nitrogens with zero attached hydrogens (tertiary/aromatic N) is 4. The van der Waals surface area contributed by atoms with E-state index in [4.69, 9.17) is 15.5 Å². The Morgan fingerprint density at radius 3 is 2.51 bits per heavy atom. The second-order valence-corrected chi connectivity index (χ2v) is 12.2. The van der Waals surface area contributed by atoms with Crippen LogP contribution in [0.15, 0.2) is 18.2 Å². The monoisotopic (exact) mass is 508 g/mol. The number of piperazine rings is 1. The van der Waals surface area contributed by atoms with E-state index >= 15 is 0 Å². The maximum atomic E-state index is 10.9. The van der Waals surface area contributed by atoms with Crippen LogP contribution in [-0.2, 0) is 16.0 Å². The van der Waals surface area contributed by atoms with Gasteiger partial charge in [0.25, 0.3) is 0 Å². The second kappa shape index (κ2) is 11.4. The Morgan fingerprint density at radius 1 is 1.08 bits per heavy atom. The van der Waals surface area contributed by atoms with Crippen LogP contribution in [0.3, 0.4) is 0 Å². The Balaban J connectivity index is 1.39. The highest BCUT2D eigenvalue weighted by Crippen LogP contribution is 2.31. The van der Waals surface area contributed by atoms with Crippen molar-refractivity contribution >= 4 is 39.7 Å². The Bertz CT molecular complexity index is 1210. The fourth-order valence-electron chi connectivity index (χ4n) is 5.16. The number of rotatable bonds is 12. The molecule has 1 aromatic carbocycles.